The molecular formula is C30H38FN9O3. The van der Waals surface area contributed by atoms with E-state index in [0.717, 1.165) is 38.0 Å². The molecule has 0 spiro atoms. The second-order valence-corrected chi connectivity index (χ2v) is 12.2. The first kappa shape index (κ1) is 28.8. The molecule has 2 N–H and O–H groups in total. The quantitative estimate of drug-likeness (QED) is 0.263. The molecule has 13 heteroatoms. The number of pyridine rings is 2. The third-order valence-corrected chi connectivity index (χ3v) is 7.92. The van der Waals surface area contributed by atoms with E-state index in [1.54, 1.807) is 31.6 Å². The maximum Gasteiger partial charge on any atom is 0.228 e. The Morgan fingerprint density at radius 1 is 1.16 bits per heavy atom. The van der Waals surface area contributed by atoms with Crippen LogP contribution in [0.2, 0.25) is 0 Å². The highest BCUT2D eigenvalue weighted by Gasteiger charge is 2.31. The van der Waals surface area contributed by atoms with Gasteiger partial charge in [-0.05, 0) is 25.3 Å². The van der Waals surface area contributed by atoms with Crippen LogP contribution < -0.4 is 20.1 Å². The Morgan fingerprint density at radius 2 is 1.98 bits per heavy atom. The van der Waals surface area contributed by atoms with E-state index in [2.05, 4.69) is 57.0 Å². The van der Waals surface area contributed by atoms with Gasteiger partial charge in [0, 0.05) is 62.0 Å². The number of carbonyl (C=O) groups excluding carboxylic acids is 1. The van der Waals surface area contributed by atoms with E-state index >= 15 is 0 Å². The molecule has 1 amide bonds. The van der Waals surface area contributed by atoms with Crippen LogP contribution in [0, 0.1) is 5.92 Å². The number of alkyl halides is 1. The average molecular weight is 592 g/mol. The van der Waals surface area contributed by atoms with Gasteiger partial charge in [-0.1, -0.05) is 20.8 Å². The number of hydrogen-bond acceptors (Lipinski definition) is 9. The van der Waals surface area contributed by atoms with Crippen molar-refractivity contribution in [2.24, 2.45) is 13.0 Å². The van der Waals surface area contributed by atoms with E-state index in [1.165, 1.54) is 0 Å². The SMILES string of the molecule is COc1c(Oc2ccnc(NC(=O)C3CC3)c2)cnc2nc(Nc3cc(C(C)(C)C)n([C@@H]4CCN(CCF)C4)n3)n(C)c12. The van der Waals surface area contributed by atoms with E-state index in [-0.39, 0.29) is 30.0 Å². The lowest BCUT2D eigenvalue weighted by Crippen LogP contribution is -2.26. The van der Waals surface area contributed by atoms with Crippen molar-refractivity contribution in [1.82, 2.24) is 34.2 Å². The second kappa shape index (κ2) is 11.4. The lowest BCUT2D eigenvalue weighted by atomic mass is 9.91. The number of imidazole rings is 1. The summed E-state index contributed by atoms with van der Waals surface area (Å²) in [7, 11) is 3.44. The lowest BCUT2D eigenvalue weighted by Gasteiger charge is -2.23. The number of methoxy groups -OCH3 is 1. The van der Waals surface area contributed by atoms with Crippen molar-refractivity contribution in [2.45, 2.75) is 51.5 Å². The van der Waals surface area contributed by atoms with Crippen LogP contribution in [0.25, 0.3) is 11.2 Å². The first-order valence-electron chi connectivity index (χ1n) is 14.6. The number of anilines is 3. The number of aryl methyl sites for hydroxylation is 1. The molecule has 1 atom stereocenters. The Bertz CT molecular complexity index is 1640. The zero-order valence-corrected chi connectivity index (χ0v) is 25.2. The topological polar surface area (TPSA) is 124 Å². The Morgan fingerprint density at radius 3 is 2.70 bits per heavy atom. The van der Waals surface area contributed by atoms with Gasteiger partial charge < -0.3 is 24.7 Å². The van der Waals surface area contributed by atoms with Crippen LogP contribution in [0.5, 0.6) is 17.2 Å². The number of likely N-dealkylation sites (tertiary alicyclic amines) is 1. The van der Waals surface area contributed by atoms with Crippen molar-refractivity contribution in [3.63, 3.8) is 0 Å². The standard InChI is InChI=1S/C30H38FN9O3/c1-30(2,3)22-15-24(37-40(22)19-9-12-39(17-19)13-10-31)35-29-36-27-25(38(29)4)26(42-5)21(16-33-27)43-20-8-11-32-23(14-20)34-28(41)18-6-7-18/h8,11,14-16,18-19H,6-7,9-10,12-13,17H2,1-5H3,(H,32,34,41)(H,33,35,36,37)/t19-/m1/s1. The molecule has 5 heterocycles. The normalized spacial score (nSPS) is 17.4. The molecule has 2 fully saturated rings. The largest absolute Gasteiger partial charge is 0.491 e. The molecule has 12 nitrogen and oxygen atoms in total. The van der Waals surface area contributed by atoms with Gasteiger partial charge in [-0.3, -0.25) is 14.4 Å². The van der Waals surface area contributed by atoms with Crippen molar-refractivity contribution < 1.29 is 18.7 Å². The predicted octanol–water partition coefficient (Wildman–Crippen LogP) is 4.97. The number of nitrogens with one attached hydrogen (secondary N) is 2. The van der Waals surface area contributed by atoms with Crippen LogP contribution in [-0.4, -0.2) is 73.5 Å². The summed E-state index contributed by atoms with van der Waals surface area (Å²) in [5.74, 6) is 3.03. The average Bonchev–Trinajstić information content (AvgIpc) is 3.44. The minimum atomic E-state index is -0.343. The summed E-state index contributed by atoms with van der Waals surface area (Å²) >= 11 is 0. The third kappa shape index (κ3) is 5.99. The maximum atomic E-state index is 13.0. The minimum absolute atomic E-state index is 0.0262. The molecular weight excluding hydrogens is 553 g/mol. The number of hydrogen-bond donors (Lipinski definition) is 2. The molecule has 1 saturated carbocycles. The van der Waals surface area contributed by atoms with Gasteiger partial charge in [0.05, 0.1) is 19.3 Å². The van der Waals surface area contributed by atoms with Gasteiger partial charge in [0.15, 0.2) is 23.0 Å². The fourth-order valence-electron chi connectivity index (χ4n) is 5.49. The summed E-state index contributed by atoms with van der Waals surface area (Å²) in [4.78, 5) is 27.8. The number of aromatic nitrogens is 6. The molecule has 0 unspecified atom stereocenters. The lowest BCUT2D eigenvalue weighted by molar-refractivity contribution is -0.117. The van der Waals surface area contributed by atoms with Gasteiger partial charge in [-0.25, -0.2) is 14.4 Å². The number of rotatable bonds is 10. The van der Waals surface area contributed by atoms with Gasteiger partial charge in [-0.2, -0.15) is 10.1 Å². The Balaban J connectivity index is 1.26. The number of halogens is 1. The molecule has 2 aliphatic rings. The molecule has 4 aromatic heterocycles. The zero-order valence-electron chi connectivity index (χ0n) is 25.2. The number of nitrogens with zero attached hydrogens (tertiary/aromatic N) is 7. The first-order valence-corrected chi connectivity index (χ1v) is 14.6. The van der Waals surface area contributed by atoms with Gasteiger partial charge in [-0.15, -0.1) is 0 Å². The summed E-state index contributed by atoms with van der Waals surface area (Å²) in [6.07, 6.45) is 5.89. The van der Waals surface area contributed by atoms with Crippen molar-refractivity contribution in [3.05, 3.63) is 36.3 Å². The molecule has 1 aliphatic heterocycles. The van der Waals surface area contributed by atoms with Crippen molar-refractivity contribution in [1.29, 1.82) is 0 Å². The third-order valence-electron chi connectivity index (χ3n) is 7.92. The predicted molar refractivity (Wildman–Crippen MR) is 161 cm³/mol. The first-order chi connectivity index (χ1) is 20.6. The molecule has 0 aromatic carbocycles. The fraction of sp³-hybridized carbons (Fsp3) is 0.500. The molecule has 4 aromatic rings. The minimum Gasteiger partial charge on any atom is -0.491 e. The molecule has 0 radical (unpaired) electrons. The van der Waals surface area contributed by atoms with E-state index in [4.69, 9.17) is 19.6 Å². The summed E-state index contributed by atoms with van der Waals surface area (Å²) in [5.41, 5.74) is 2.08. The van der Waals surface area contributed by atoms with E-state index in [9.17, 15) is 9.18 Å². The van der Waals surface area contributed by atoms with Crippen molar-refractivity contribution in [2.75, 3.05) is 44.1 Å². The Kier molecular flexibility index (Phi) is 7.67. The number of amides is 1. The van der Waals surface area contributed by atoms with Crippen molar-refractivity contribution >= 4 is 34.7 Å². The fourth-order valence-corrected chi connectivity index (χ4v) is 5.49. The summed E-state index contributed by atoms with van der Waals surface area (Å²) in [6.45, 7) is 8.23. The summed E-state index contributed by atoms with van der Waals surface area (Å²) in [6, 6.07) is 5.61. The molecule has 1 saturated heterocycles. The van der Waals surface area contributed by atoms with Gasteiger partial charge in [0.1, 0.15) is 23.8 Å². The maximum absolute atomic E-state index is 13.0. The summed E-state index contributed by atoms with van der Waals surface area (Å²) < 4.78 is 28.8. The van der Waals surface area contributed by atoms with Crippen LogP contribution in [0.15, 0.2) is 30.6 Å². The summed E-state index contributed by atoms with van der Waals surface area (Å²) in [5, 5.41) is 11.2. The smallest absolute Gasteiger partial charge is 0.228 e. The molecule has 6 rings (SSSR count). The highest BCUT2D eigenvalue weighted by atomic mass is 19.1. The van der Waals surface area contributed by atoms with Crippen LogP contribution >= 0.6 is 0 Å². The second-order valence-electron chi connectivity index (χ2n) is 12.2. The number of fused-ring (bicyclic) bond motifs is 1. The van der Waals surface area contributed by atoms with Crippen molar-refractivity contribution in [3.8, 4) is 17.2 Å². The molecule has 43 heavy (non-hydrogen) atoms. The monoisotopic (exact) mass is 591 g/mol. The van der Waals surface area contributed by atoms with Gasteiger partial charge >= 0.3 is 0 Å². The van der Waals surface area contributed by atoms with Crippen LogP contribution in [-0.2, 0) is 17.3 Å². The van der Waals surface area contributed by atoms with E-state index in [1.807, 2.05) is 11.6 Å². The van der Waals surface area contributed by atoms with Crippen LogP contribution in [0.4, 0.5) is 22.0 Å². The number of carbonyl (C=O) groups is 1. The number of ether oxygens (including phenoxy) is 2. The van der Waals surface area contributed by atoms with Gasteiger partial charge in [0.2, 0.25) is 11.9 Å². The highest BCUT2D eigenvalue weighted by molar-refractivity contribution is 5.93. The highest BCUT2D eigenvalue weighted by Crippen LogP contribution is 2.39. The van der Waals surface area contributed by atoms with Crippen LogP contribution in [0.1, 0.15) is 51.8 Å². The van der Waals surface area contributed by atoms with E-state index in [0.29, 0.717) is 52.5 Å². The molecule has 1 aliphatic carbocycles. The zero-order chi connectivity index (χ0) is 30.3. The molecule has 0 bridgehead atoms. The Hall–Kier alpha value is -4.26. The van der Waals surface area contributed by atoms with Gasteiger partial charge in [0.25, 0.3) is 0 Å². The Labute approximate surface area is 249 Å². The molecule has 228 valence electrons. The van der Waals surface area contributed by atoms with E-state index < -0.39 is 0 Å². The van der Waals surface area contributed by atoms with Crippen LogP contribution in [0.3, 0.4) is 0 Å².